The third kappa shape index (κ3) is 7.79. The molecule has 4 N–H and O–H groups in total. The van der Waals surface area contributed by atoms with E-state index in [-0.39, 0.29) is 18.3 Å². The Morgan fingerprint density at radius 1 is 1.06 bits per heavy atom. The van der Waals surface area contributed by atoms with Crippen LogP contribution in [0.1, 0.15) is 36.3 Å². The Bertz CT molecular complexity index is 932. The Labute approximate surface area is 183 Å². The standard InChI is InChI=1S/C21H25F3NO6P/c22-21(23,24)31-19-5-1-15(2-6-19)10-12-29-18-7-3-16(4-8-18)17-9-11-20(25,13-17)14-30-32(26,27)28/h1-8,17H,9-14,25H2,(H2,26,27,28)/t17-,20-/m1/s1. The number of rotatable bonds is 9. The zero-order valence-electron chi connectivity index (χ0n) is 17.1. The molecule has 1 saturated carbocycles. The summed E-state index contributed by atoms with van der Waals surface area (Å²) in [5.74, 6) is 0.555. The number of phosphoric acid groups is 1. The minimum absolute atomic E-state index is 0.159. The van der Waals surface area contributed by atoms with E-state index >= 15 is 0 Å². The maximum absolute atomic E-state index is 12.2. The highest BCUT2D eigenvalue weighted by atomic mass is 31.2. The Morgan fingerprint density at radius 2 is 1.69 bits per heavy atom. The van der Waals surface area contributed by atoms with Gasteiger partial charge in [-0.2, -0.15) is 0 Å². The van der Waals surface area contributed by atoms with Crippen molar-refractivity contribution in [3.05, 3.63) is 59.7 Å². The van der Waals surface area contributed by atoms with Crippen LogP contribution >= 0.6 is 7.82 Å². The van der Waals surface area contributed by atoms with E-state index in [2.05, 4.69) is 9.26 Å². The van der Waals surface area contributed by atoms with Gasteiger partial charge in [-0.05, 0) is 60.6 Å². The van der Waals surface area contributed by atoms with Gasteiger partial charge in [-0.1, -0.05) is 24.3 Å². The number of benzene rings is 2. The minimum atomic E-state index is -4.71. The van der Waals surface area contributed by atoms with Gasteiger partial charge in [0.1, 0.15) is 11.5 Å². The summed E-state index contributed by atoms with van der Waals surface area (Å²) in [4.78, 5) is 17.8. The zero-order valence-corrected chi connectivity index (χ0v) is 18.0. The van der Waals surface area contributed by atoms with Crippen molar-refractivity contribution in [3.63, 3.8) is 0 Å². The van der Waals surface area contributed by atoms with Crippen LogP contribution in [-0.2, 0) is 15.5 Å². The number of nitrogens with two attached hydrogens (primary N) is 1. The van der Waals surface area contributed by atoms with Crippen LogP contribution in [0.5, 0.6) is 11.5 Å². The minimum Gasteiger partial charge on any atom is -0.493 e. The molecule has 176 valence electrons. The van der Waals surface area contributed by atoms with E-state index in [1.807, 2.05) is 24.3 Å². The van der Waals surface area contributed by atoms with E-state index < -0.39 is 19.7 Å². The predicted molar refractivity (Wildman–Crippen MR) is 110 cm³/mol. The average molecular weight is 475 g/mol. The van der Waals surface area contributed by atoms with Crippen LogP contribution in [0.15, 0.2) is 48.5 Å². The molecule has 0 aliphatic heterocycles. The first-order chi connectivity index (χ1) is 14.9. The van der Waals surface area contributed by atoms with Gasteiger partial charge in [-0.15, -0.1) is 13.2 Å². The molecule has 0 heterocycles. The van der Waals surface area contributed by atoms with Crippen molar-refractivity contribution in [1.82, 2.24) is 0 Å². The van der Waals surface area contributed by atoms with Crippen molar-refractivity contribution >= 4 is 7.82 Å². The highest BCUT2D eigenvalue weighted by molar-refractivity contribution is 7.46. The van der Waals surface area contributed by atoms with Crippen molar-refractivity contribution in [3.8, 4) is 11.5 Å². The lowest BCUT2D eigenvalue weighted by atomic mass is 9.94. The first kappa shape index (κ1) is 24.5. The largest absolute Gasteiger partial charge is 0.573 e. The summed E-state index contributed by atoms with van der Waals surface area (Å²) >= 11 is 0. The number of hydrogen-bond donors (Lipinski definition) is 3. The van der Waals surface area contributed by atoms with Crippen LogP contribution in [0, 0.1) is 0 Å². The van der Waals surface area contributed by atoms with E-state index in [9.17, 15) is 17.7 Å². The molecule has 1 aliphatic rings. The molecule has 0 spiro atoms. The van der Waals surface area contributed by atoms with Gasteiger partial charge in [0.2, 0.25) is 0 Å². The van der Waals surface area contributed by atoms with E-state index in [0.29, 0.717) is 31.6 Å². The monoisotopic (exact) mass is 475 g/mol. The van der Waals surface area contributed by atoms with Gasteiger partial charge < -0.3 is 25.0 Å². The fraction of sp³-hybridized carbons (Fsp3) is 0.429. The summed E-state index contributed by atoms with van der Waals surface area (Å²) in [6, 6.07) is 13.2. The van der Waals surface area contributed by atoms with Crippen molar-refractivity contribution in [1.29, 1.82) is 0 Å². The molecule has 0 saturated heterocycles. The van der Waals surface area contributed by atoms with Gasteiger partial charge in [0, 0.05) is 12.0 Å². The molecule has 11 heteroatoms. The number of phosphoric ester groups is 1. The first-order valence-electron chi connectivity index (χ1n) is 9.97. The van der Waals surface area contributed by atoms with E-state index in [4.69, 9.17) is 20.3 Å². The normalized spacial score (nSPS) is 21.5. The maximum Gasteiger partial charge on any atom is 0.573 e. The van der Waals surface area contributed by atoms with Crippen LogP contribution in [0.25, 0.3) is 0 Å². The fourth-order valence-electron chi connectivity index (χ4n) is 3.77. The van der Waals surface area contributed by atoms with E-state index in [1.54, 1.807) is 12.1 Å². The van der Waals surface area contributed by atoms with Crippen molar-refractivity contribution in [2.75, 3.05) is 13.2 Å². The van der Waals surface area contributed by atoms with Crippen molar-refractivity contribution in [2.45, 2.75) is 43.5 Å². The molecule has 2 atom stereocenters. The molecule has 0 amide bonds. The van der Waals surface area contributed by atoms with Crippen LogP contribution in [0.3, 0.4) is 0 Å². The second kappa shape index (κ2) is 9.80. The smallest absolute Gasteiger partial charge is 0.493 e. The predicted octanol–water partition coefficient (Wildman–Crippen LogP) is 4.28. The third-order valence-corrected chi connectivity index (χ3v) is 5.80. The Balaban J connectivity index is 1.46. The van der Waals surface area contributed by atoms with Gasteiger partial charge >= 0.3 is 14.2 Å². The molecule has 0 bridgehead atoms. The number of ether oxygens (including phenoxy) is 2. The lowest BCUT2D eigenvalue weighted by Crippen LogP contribution is -2.41. The zero-order chi connectivity index (χ0) is 23.4. The molecule has 32 heavy (non-hydrogen) atoms. The Morgan fingerprint density at radius 3 is 2.28 bits per heavy atom. The molecular weight excluding hydrogens is 450 g/mol. The van der Waals surface area contributed by atoms with Crippen LogP contribution in [0.4, 0.5) is 13.2 Å². The second-order valence-electron chi connectivity index (χ2n) is 7.93. The van der Waals surface area contributed by atoms with Gasteiger partial charge in [0.05, 0.1) is 13.2 Å². The molecule has 2 aromatic carbocycles. The summed E-state index contributed by atoms with van der Waals surface area (Å²) in [5, 5.41) is 0. The van der Waals surface area contributed by atoms with Gasteiger partial charge in [0.15, 0.2) is 0 Å². The van der Waals surface area contributed by atoms with E-state index in [0.717, 1.165) is 17.5 Å². The third-order valence-electron chi connectivity index (χ3n) is 5.33. The molecule has 0 unspecified atom stereocenters. The second-order valence-corrected chi connectivity index (χ2v) is 9.16. The number of halogens is 3. The molecule has 2 aromatic rings. The SMILES string of the molecule is N[C@]1(COP(=O)(O)O)CC[C@@H](c2ccc(OCCc3ccc(OC(F)(F)F)cc3)cc2)C1. The molecule has 0 aromatic heterocycles. The highest BCUT2D eigenvalue weighted by Crippen LogP contribution is 2.43. The Kier molecular flexibility index (Phi) is 7.52. The molecule has 0 radical (unpaired) electrons. The fourth-order valence-corrected chi connectivity index (χ4v) is 4.19. The van der Waals surface area contributed by atoms with E-state index in [1.165, 1.54) is 12.1 Å². The maximum atomic E-state index is 12.2. The topological polar surface area (TPSA) is 111 Å². The van der Waals surface area contributed by atoms with Crippen LogP contribution in [0.2, 0.25) is 0 Å². The van der Waals surface area contributed by atoms with Gasteiger partial charge in [0.25, 0.3) is 0 Å². The molecule has 7 nitrogen and oxygen atoms in total. The quantitative estimate of drug-likeness (QED) is 0.464. The summed E-state index contributed by atoms with van der Waals surface area (Å²) < 4.78 is 61.6. The summed E-state index contributed by atoms with van der Waals surface area (Å²) in [6.07, 6.45) is -2.25. The highest BCUT2D eigenvalue weighted by Gasteiger charge is 2.38. The van der Waals surface area contributed by atoms with Crippen LogP contribution < -0.4 is 15.2 Å². The molecule has 1 fully saturated rings. The van der Waals surface area contributed by atoms with Crippen molar-refractivity contribution < 1.29 is 41.5 Å². The molecule has 3 rings (SSSR count). The lowest BCUT2D eigenvalue weighted by molar-refractivity contribution is -0.274. The number of alkyl halides is 3. The molecular formula is C21H25F3NO6P. The van der Waals surface area contributed by atoms with Crippen LogP contribution in [-0.4, -0.2) is 34.9 Å². The van der Waals surface area contributed by atoms with Gasteiger partial charge in [-0.3, -0.25) is 4.52 Å². The van der Waals surface area contributed by atoms with Crippen molar-refractivity contribution in [2.24, 2.45) is 5.73 Å². The summed E-state index contributed by atoms with van der Waals surface area (Å²) in [5.41, 5.74) is 7.33. The number of hydrogen-bond acceptors (Lipinski definition) is 5. The Hall–Kier alpha value is -2.10. The first-order valence-corrected chi connectivity index (χ1v) is 11.5. The summed E-state index contributed by atoms with van der Waals surface area (Å²) in [6.45, 7) is 0.159. The average Bonchev–Trinajstić information content (AvgIpc) is 3.10. The lowest BCUT2D eigenvalue weighted by Gasteiger charge is -2.24. The van der Waals surface area contributed by atoms with Gasteiger partial charge in [-0.25, -0.2) is 4.57 Å². The summed E-state index contributed by atoms with van der Waals surface area (Å²) in [7, 11) is -4.55. The molecule has 1 aliphatic carbocycles.